The van der Waals surface area contributed by atoms with Crippen molar-refractivity contribution in [2.45, 2.75) is 31.8 Å². The summed E-state index contributed by atoms with van der Waals surface area (Å²) in [5.41, 5.74) is 1.20. The maximum Gasteiger partial charge on any atom is 0.193 e. The molecule has 0 radical (unpaired) electrons. The van der Waals surface area contributed by atoms with E-state index in [1.165, 1.54) is 0 Å². The Morgan fingerprint density at radius 1 is 1.00 bits per heavy atom. The van der Waals surface area contributed by atoms with E-state index in [0.29, 0.717) is 23.1 Å². The molecule has 0 spiro atoms. The van der Waals surface area contributed by atoms with E-state index >= 15 is 0 Å². The molecule has 0 amide bonds. The summed E-state index contributed by atoms with van der Waals surface area (Å²) in [6, 6.07) is 15.2. The van der Waals surface area contributed by atoms with E-state index in [9.17, 15) is 14.8 Å². The van der Waals surface area contributed by atoms with E-state index in [1.807, 2.05) is 32.0 Å². The van der Waals surface area contributed by atoms with E-state index in [2.05, 4.69) is 0 Å². The summed E-state index contributed by atoms with van der Waals surface area (Å²) in [6.45, 7) is 3.81. The summed E-state index contributed by atoms with van der Waals surface area (Å²) < 4.78 is 0. The van der Waals surface area contributed by atoms with Crippen LogP contribution in [0.2, 0.25) is 0 Å². The Kier molecular flexibility index (Phi) is 3.88. The molecule has 0 aliphatic carbocycles. The molecule has 1 fully saturated rings. The van der Waals surface area contributed by atoms with Crippen LogP contribution < -0.4 is 0 Å². The van der Waals surface area contributed by atoms with Gasteiger partial charge in [-0.05, 0) is 13.3 Å². The number of hydrogen-bond acceptors (Lipinski definition) is 4. The first-order chi connectivity index (χ1) is 11.0. The van der Waals surface area contributed by atoms with Crippen LogP contribution in [-0.4, -0.2) is 33.4 Å². The second kappa shape index (κ2) is 5.72. The molecule has 3 unspecified atom stereocenters. The summed E-state index contributed by atoms with van der Waals surface area (Å²) in [6.07, 6.45) is 0.699. The van der Waals surface area contributed by atoms with E-state index < -0.39 is 11.6 Å². The largest absolute Gasteiger partial charge is 0.313 e. The quantitative estimate of drug-likeness (QED) is 0.680. The lowest BCUT2D eigenvalue weighted by atomic mass is 9.96. The monoisotopic (exact) mass is 309 g/mol. The Hall–Kier alpha value is -2.30. The fourth-order valence-electron chi connectivity index (χ4n) is 2.86. The average Bonchev–Trinajstić information content (AvgIpc) is 3.16. The van der Waals surface area contributed by atoms with Crippen LogP contribution in [-0.2, 0) is 0 Å². The van der Waals surface area contributed by atoms with Gasteiger partial charge in [0.15, 0.2) is 11.6 Å². The summed E-state index contributed by atoms with van der Waals surface area (Å²) in [5.74, 6) is -0.186. The molecule has 4 nitrogen and oxygen atoms in total. The van der Waals surface area contributed by atoms with Crippen molar-refractivity contribution in [2.24, 2.45) is 0 Å². The second-order valence-electron chi connectivity index (χ2n) is 6.09. The van der Waals surface area contributed by atoms with Crippen LogP contribution in [0.5, 0.6) is 0 Å². The van der Waals surface area contributed by atoms with Gasteiger partial charge in [0, 0.05) is 16.7 Å². The Morgan fingerprint density at radius 3 is 2.04 bits per heavy atom. The van der Waals surface area contributed by atoms with Crippen LogP contribution in [0.15, 0.2) is 54.6 Å². The fraction of sp³-hybridized carbons (Fsp3) is 0.263. The van der Waals surface area contributed by atoms with Gasteiger partial charge in [-0.2, -0.15) is 5.06 Å². The number of nitrogens with zero attached hydrogens (tertiary/aromatic N) is 1. The summed E-state index contributed by atoms with van der Waals surface area (Å²) in [5, 5.41) is 10.9. The molecule has 1 heterocycles. The molecule has 0 bridgehead atoms. The molecule has 2 aromatic carbocycles. The van der Waals surface area contributed by atoms with Crippen molar-refractivity contribution in [3.63, 3.8) is 0 Å². The number of Topliss-reactive ketones (excluding diaryl/α,β-unsaturated/α-hetero) is 1. The minimum absolute atomic E-state index is 0.0711. The van der Waals surface area contributed by atoms with E-state index in [1.54, 1.807) is 36.4 Å². The zero-order valence-corrected chi connectivity index (χ0v) is 13.2. The van der Waals surface area contributed by atoms with Crippen LogP contribution >= 0.6 is 0 Å². The molecule has 1 aliphatic rings. The van der Waals surface area contributed by atoms with Crippen LogP contribution in [0.4, 0.5) is 0 Å². The SMILES string of the molecule is CCC1(C)C(C(=O)c2ccc(C(=O)c3ccccc3)cc2)N1O. The summed E-state index contributed by atoms with van der Waals surface area (Å²) in [4.78, 5) is 24.8. The number of hydrogen-bond donors (Lipinski definition) is 1. The maximum absolute atomic E-state index is 12.5. The lowest BCUT2D eigenvalue weighted by Crippen LogP contribution is -2.17. The third-order valence-electron chi connectivity index (χ3n) is 4.72. The van der Waals surface area contributed by atoms with Gasteiger partial charge in [-0.15, -0.1) is 0 Å². The van der Waals surface area contributed by atoms with Gasteiger partial charge in [-0.25, -0.2) is 0 Å². The molecule has 2 aromatic rings. The number of ketones is 2. The number of hydroxylamine groups is 2. The van der Waals surface area contributed by atoms with Crippen LogP contribution in [0.3, 0.4) is 0 Å². The molecular weight excluding hydrogens is 290 g/mol. The van der Waals surface area contributed by atoms with Crippen molar-refractivity contribution in [2.75, 3.05) is 0 Å². The van der Waals surface area contributed by atoms with Crippen LogP contribution in [0, 0.1) is 0 Å². The zero-order valence-electron chi connectivity index (χ0n) is 13.2. The minimum Gasteiger partial charge on any atom is -0.313 e. The highest BCUT2D eigenvalue weighted by molar-refractivity contribution is 6.10. The predicted octanol–water partition coefficient (Wildman–Crippen LogP) is 3.34. The molecule has 1 aliphatic heterocycles. The van der Waals surface area contributed by atoms with Gasteiger partial charge in [0.1, 0.15) is 6.04 Å². The van der Waals surface area contributed by atoms with Gasteiger partial charge in [0.25, 0.3) is 0 Å². The van der Waals surface area contributed by atoms with Crippen molar-refractivity contribution >= 4 is 11.6 Å². The molecule has 1 saturated heterocycles. The summed E-state index contributed by atoms with van der Waals surface area (Å²) in [7, 11) is 0. The lowest BCUT2D eigenvalue weighted by Gasteiger charge is -2.04. The highest BCUT2D eigenvalue weighted by atomic mass is 16.5. The molecule has 0 aromatic heterocycles. The van der Waals surface area contributed by atoms with Gasteiger partial charge < -0.3 is 5.21 Å². The maximum atomic E-state index is 12.5. The fourth-order valence-corrected chi connectivity index (χ4v) is 2.86. The first-order valence-corrected chi connectivity index (χ1v) is 7.71. The topological polar surface area (TPSA) is 57.4 Å². The predicted molar refractivity (Wildman–Crippen MR) is 86.8 cm³/mol. The van der Waals surface area contributed by atoms with E-state index in [0.717, 1.165) is 5.06 Å². The van der Waals surface area contributed by atoms with E-state index in [4.69, 9.17) is 0 Å². The second-order valence-corrected chi connectivity index (χ2v) is 6.09. The lowest BCUT2D eigenvalue weighted by molar-refractivity contribution is -0.0110. The Morgan fingerprint density at radius 2 is 1.52 bits per heavy atom. The normalized spacial score (nSPS) is 25.9. The van der Waals surface area contributed by atoms with Gasteiger partial charge in [-0.1, -0.05) is 61.5 Å². The van der Waals surface area contributed by atoms with Crippen molar-refractivity contribution in [3.8, 4) is 0 Å². The molecule has 1 N–H and O–H groups in total. The molecule has 3 rings (SSSR count). The standard InChI is InChI=1S/C19H19NO3/c1-3-19(2)18(20(19)23)17(22)15-11-9-14(10-12-15)16(21)13-7-5-4-6-8-13/h4-12,18,23H,3H2,1-2H3. The molecular formula is C19H19NO3. The third kappa shape index (κ3) is 2.60. The van der Waals surface area contributed by atoms with Gasteiger partial charge >= 0.3 is 0 Å². The summed E-state index contributed by atoms with van der Waals surface area (Å²) >= 11 is 0. The van der Waals surface area contributed by atoms with Crippen molar-refractivity contribution in [1.82, 2.24) is 5.06 Å². The third-order valence-corrected chi connectivity index (χ3v) is 4.72. The number of carbonyl (C=O) groups is 2. The van der Waals surface area contributed by atoms with Crippen molar-refractivity contribution < 1.29 is 14.8 Å². The Labute approximate surface area is 135 Å². The molecule has 118 valence electrons. The molecule has 23 heavy (non-hydrogen) atoms. The molecule has 4 heteroatoms. The number of benzene rings is 2. The van der Waals surface area contributed by atoms with Crippen molar-refractivity contribution in [3.05, 3.63) is 71.3 Å². The highest BCUT2D eigenvalue weighted by Gasteiger charge is 2.62. The average molecular weight is 309 g/mol. The van der Waals surface area contributed by atoms with Gasteiger partial charge in [0.2, 0.25) is 0 Å². The van der Waals surface area contributed by atoms with Gasteiger partial charge in [0.05, 0.1) is 5.54 Å². The Balaban J connectivity index is 1.78. The van der Waals surface area contributed by atoms with Gasteiger partial charge in [-0.3, -0.25) is 9.59 Å². The minimum atomic E-state index is -0.497. The number of carbonyl (C=O) groups excluding carboxylic acids is 2. The zero-order chi connectivity index (χ0) is 16.6. The highest BCUT2D eigenvalue weighted by Crippen LogP contribution is 2.43. The smallest absolute Gasteiger partial charge is 0.193 e. The first-order valence-electron chi connectivity index (χ1n) is 7.71. The molecule has 3 atom stereocenters. The molecule has 0 saturated carbocycles. The van der Waals surface area contributed by atoms with E-state index in [-0.39, 0.29) is 11.6 Å². The van der Waals surface area contributed by atoms with Crippen LogP contribution in [0.1, 0.15) is 46.5 Å². The van der Waals surface area contributed by atoms with Crippen LogP contribution in [0.25, 0.3) is 0 Å². The van der Waals surface area contributed by atoms with Crippen molar-refractivity contribution in [1.29, 1.82) is 0 Å². The Bertz CT molecular complexity index is 739. The first kappa shape index (κ1) is 15.6. The number of rotatable bonds is 5.